The number of anilines is 1. The first kappa shape index (κ1) is 16.3. The highest BCUT2D eigenvalue weighted by Gasteiger charge is 2.37. The summed E-state index contributed by atoms with van der Waals surface area (Å²) in [6.45, 7) is 1.95. The van der Waals surface area contributed by atoms with Crippen molar-refractivity contribution in [1.29, 1.82) is 0 Å². The van der Waals surface area contributed by atoms with Crippen molar-refractivity contribution < 1.29 is 4.79 Å². The Hall–Kier alpha value is -2.58. The molecular weight excluding hydrogens is 318 g/mol. The maximum Gasteiger partial charge on any atom is 0.239 e. The van der Waals surface area contributed by atoms with Gasteiger partial charge in [-0.1, -0.05) is 72.3 Å². The van der Waals surface area contributed by atoms with Crippen LogP contribution in [-0.4, -0.2) is 5.91 Å². The van der Waals surface area contributed by atoms with Crippen molar-refractivity contribution in [3.8, 4) is 0 Å². The first-order valence-electron chi connectivity index (χ1n) is 7.79. The zero-order valence-electron chi connectivity index (χ0n) is 13.4. The molecule has 0 radical (unpaired) electrons. The van der Waals surface area contributed by atoms with Gasteiger partial charge in [-0.05, 0) is 42.3 Å². The van der Waals surface area contributed by atoms with Gasteiger partial charge in [-0.2, -0.15) is 0 Å². The number of hydrogen-bond donors (Lipinski definition) is 1. The number of carbonyl (C=O) groups is 1. The van der Waals surface area contributed by atoms with Crippen molar-refractivity contribution in [3.63, 3.8) is 0 Å². The first-order chi connectivity index (χ1) is 11.6. The molecule has 0 spiro atoms. The topological polar surface area (TPSA) is 29.1 Å². The van der Waals surface area contributed by atoms with E-state index in [2.05, 4.69) is 5.32 Å². The average Bonchev–Trinajstić information content (AvgIpc) is 2.64. The van der Waals surface area contributed by atoms with Crippen LogP contribution in [0.3, 0.4) is 0 Å². The third-order valence-corrected chi connectivity index (χ3v) is 4.51. The second-order valence-corrected chi connectivity index (χ2v) is 6.25. The van der Waals surface area contributed by atoms with Gasteiger partial charge < -0.3 is 5.32 Å². The van der Waals surface area contributed by atoms with E-state index in [9.17, 15) is 4.79 Å². The van der Waals surface area contributed by atoms with Crippen LogP contribution in [0.5, 0.6) is 0 Å². The fraction of sp³-hybridized carbons (Fsp3) is 0.0952. The van der Waals surface area contributed by atoms with E-state index in [1.165, 1.54) is 0 Å². The Labute approximate surface area is 147 Å². The molecule has 2 nitrogen and oxygen atoms in total. The number of hydrogen-bond acceptors (Lipinski definition) is 1. The van der Waals surface area contributed by atoms with Gasteiger partial charge in [0.15, 0.2) is 0 Å². The SMILES string of the molecule is CC(C(=O)Nc1ccc(Cl)cc1)(c1ccccc1)c1ccccc1. The Bertz CT molecular complexity index is 774. The molecule has 3 heteroatoms. The summed E-state index contributed by atoms with van der Waals surface area (Å²) in [5, 5.41) is 3.65. The zero-order chi connectivity index (χ0) is 17.0. The van der Waals surface area contributed by atoms with Gasteiger partial charge in [0, 0.05) is 10.7 Å². The molecular formula is C21H18ClNO. The lowest BCUT2D eigenvalue weighted by Crippen LogP contribution is -2.38. The second kappa shape index (κ2) is 6.90. The van der Waals surface area contributed by atoms with Crippen LogP contribution in [0.1, 0.15) is 18.1 Å². The Kier molecular flexibility index (Phi) is 4.68. The van der Waals surface area contributed by atoms with Crippen LogP contribution in [0.4, 0.5) is 5.69 Å². The van der Waals surface area contributed by atoms with Gasteiger partial charge in [-0.15, -0.1) is 0 Å². The van der Waals surface area contributed by atoms with Gasteiger partial charge in [0.05, 0.1) is 5.41 Å². The summed E-state index contributed by atoms with van der Waals surface area (Å²) in [6, 6.07) is 26.8. The van der Waals surface area contributed by atoms with Gasteiger partial charge in [0.25, 0.3) is 0 Å². The predicted molar refractivity (Wildman–Crippen MR) is 99.4 cm³/mol. The van der Waals surface area contributed by atoms with E-state index in [1.807, 2.05) is 67.6 Å². The summed E-state index contributed by atoms with van der Waals surface area (Å²) in [7, 11) is 0. The molecule has 1 N–H and O–H groups in total. The molecule has 0 aliphatic rings. The van der Waals surface area contributed by atoms with Gasteiger partial charge in [-0.3, -0.25) is 4.79 Å². The number of halogens is 1. The van der Waals surface area contributed by atoms with Crippen LogP contribution in [0, 0.1) is 0 Å². The van der Waals surface area contributed by atoms with Crippen molar-refractivity contribution in [2.45, 2.75) is 12.3 Å². The molecule has 0 bridgehead atoms. The number of benzene rings is 3. The van der Waals surface area contributed by atoms with Crippen LogP contribution >= 0.6 is 11.6 Å². The van der Waals surface area contributed by atoms with E-state index in [4.69, 9.17) is 11.6 Å². The fourth-order valence-electron chi connectivity index (χ4n) is 2.76. The van der Waals surface area contributed by atoms with Crippen molar-refractivity contribution in [3.05, 3.63) is 101 Å². The highest BCUT2D eigenvalue weighted by molar-refractivity contribution is 6.30. The van der Waals surface area contributed by atoms with Crippen molar-refractivity contribution in [2.24, 2.45) is 0 Å². The van der Waals surface area contributed by atoms with E-state index in [0.717, 1.165) is 16.8 Å². The Morgan fingerprint density at radius 2 is 1.25 bits per heavy atom. The smallest absolute Gasteiger partial charge is 0.239 e. The van der Waals surface area contributed by atoms with E-state index in [-0.39, 0.29) is 5.91 Å². The Morgan fingerprint density at radius 3 is 1.71 bits per heavy atom. The molecule has 1 amide bonds. The molecule has 3 rings (SSSR count). The molecule has 0 atom stereocenters. The average molecular weight is 336 g/mol. The van der Waals surface area contributed by atoms with E-state index in [0.29, 0.717) is 5.02 Å². The highest BCUT2D eigenvalue weighted by Crippen LogP contribution is 2.33. The van der Waals surface area contributed by atoms with Crippen LogP contribution in [0.25, 0.3) is 0 Å². The maximum atomic E-state index is 13.2. The molecule has 120 valence electrons. The minimum atomic E-state index is -0.790. The predicted octanol–water partition coefficient (Wildman–Crippen LogP) is 5.28. The lowest BCUT2D eigenvalue weighted by Gasteiger charge is -2.29. The number of rotatable bonds is 4. The second-order valence-electron chi connectivity index (χ2n) is 5.82. The fourth-order valence-corrected chi connectivity index (χ4v) is 2.89. The first-order valence-corrected chi connectivity index (χ1v) is 8.16. The zero-order valence-corrected chi connectivity index (χ0v) is 14.1. The van der Waals surface area contributed by atoms with Gasteiger partial charge in [0.2, 0.25) is 5.91 Å². The Balaban J connectivity index is 2.02. The summed E-state index contributed by atoms with van der Waals surface area (Å²) >= 11 is 5.92. The van der Waals surface area contributed by atoms with Crippen molar-refractivity contribution >= 4 is 23.2 Å². The third-order valence-electron chi connectivity index (χ3n) is 4.26. The summed E-state index contributed by atoms with van der Waals surface area (Å²) in [4.78, 5) is 13.2. The summed E-state index contributed by atoms with van der Waals surface area (Å²) < 4.78 is 0. The molecule has 0 fully saturated rings. The summed E-state index contributed by atoms with van der Waals surface area (Å²) in [5.41, 5.74) is 1.83. The van der Waals surface area contributed by atoms with Gasteiger partial charge in [-0.25, -0.2) is 0 Å². The summed E-state index contributed by atoms with van der Waals surface area (Å²) in [5.74, 6) is -0.0813. The molecule has 0 saturated heterocycles. The molecule has 24 heavy (non-hydrogen) atoms. The molecule has 0 aliphatic heterocycles. The highest BCUT2D eigenvalue weighted by atomic mass is 35.5. The molecule has 0 saturated carbocycles. The van der Waals surface area contributed by atoms with Crippen molar-refractivity contribution in [2.75, 3.05) is 5.32 Å². The largest absolute Gasteiger partial charge is 0.325 e. The molecule has 0 heterocycles. The van der Waals surface area contributed by atoms with Crippen LogP contribution in [-0.2, 0) is 10.2 Å². The monoisotopic (exact) mass is 335 g/mol. The maximum absolute atomic E-state index is 13.2. The molecule has 0 unspecified atom stereocenters. The van der Waals surface area contributed by atoms with E-state index >= 15 is 0 Å². The quantitative estimate of drug-likeness (QED) is 0.690. The minimum absolute atomic E-state index is 0.0813. The number of carbonyl (C=O) groups excluding carboxylic acids is 1. The molecule has 3 aromatic rings. The van der Waals surface area contributed by atoms with Crippen LogP contribution in [0.15, 0.2) is 84.9 Å². The number of nitrogens with one attached hydrogen (secondary N) is 1. The molecule has 3 aromatic carbocycles. The van der Waals surface area contributed by atoms with Crippen LogP contribution in [0.2, 0.25) is 5.02 Å². The lowest BCUT2D eigenvalue weighted by molar-refractivity contribution is -0.119. The van der Waals surface area contributed by atoms with Gasteiger partial charge in [0.1, 0.15) is 0 Å². The Morgan fingerprint density at radius 1 is 0.792 bits per heavy atom. The lowest BCUT2D eigenvalue weighted by atomic mass is 9.75. The number of amides is 1. The normalized spacial score (nSPS) is 11.1. The van der Waals surface area contributed by atoms with E-state index < -0.39 is 5.41 Å². The van der Waals surface area contributed by atoms with E-state index in [1.54, 1.807) is 24.3 Å². The van der Waals surface area contributed by atoms with Crippen LogP contribution < -0.4 is 5.32 Å². The van der Waals surface area contributed by atoms with Crippen molar-refractivity contribution in [1.82, 2.24) is 0 Å². The molecule has 0 aromatic heterocycles. The third kappa shape index (κ3) is 3.19. The minimum Gasteiger partial charge on any atom is -0.325 e. The standard InChI is InChI=1S/C21H18ClNO/c1-21(16-8-4-2-5-9-16,17-10-6-3-7-11-17)20(24)23-19-14-12-18(22)13-15-19/h2-15H,1H3,(H,23,24). The summed E-state index contributed by atoms with van der Waals surface area (Å²) in [6.07, 6.45) is 0. The van der Waals surface area contributed by atoms with Gasteiger partial charge >= 0.3 is 0 Å². The molecule has 0 aliphatic carbocycles.